The summed E-state index contributed by atoms with van der Waals surface area (Å²) < 4.78 is 7.22. The fourth-order valence-electron chi connectivity index (χ4n) is 5.21. The van der Waals surface area contributed by atoms with Crippen LogP contribution >= 0.6 is 0 Å². The first kappa shape index (κ1) is 27.0. The van der Waals surface area contributed by atoms with Gasteiger partial charge in [-0.25, -0.2) is 14.6 Å². The highest BCUT2D eigenvalue weighted by Gasteiger charge is 2.32. The third-order valence-electron chi connectivity index (χ3n) is 7.70. The van der Waals surface area contributed by atoms with Crippen molar-refractivity contribution in [2.24, 2.45) is 0 Å². The Balaban J connectivity index is 1.28. The molecule has 2 aliphatic rings. The van der Waals surface area contributed by atoms with Crippen molar-refractivity contribution < 1.29 is 9.53 Å². The van der Waals surface area contributed by atoms with Crippen LogP contribution in [-0.2, 0) is 23.2 Å². The summed E-state index contributed by atoms with van der Waals surface area (Å²) in [5, 5.41) is 22.0. The van der Waals surface area contributed by atoms with Crippen LogP contribution in [0, 0.1) is 0 Å². The van der Waals surface area contributed by atoms with Crippen molar-refractivity contribution in [2.45, 2.75) is 64.7 Å². The molecule has 12 nitrogen and oxygen atoms in total. The number of H-pyrrole nitrogens is 1. The number of aryl methyl sites for hydroxylation is 1. The summed E-state index contributed by atoms with van der Waals surface area (Å²) in [7, 11) is 0. The molecule has 0 bridgehead atoms. The van der Waals surface area contributed by atoms with E-state index < -0.39 is 0 Å². The molecular weight excluding hydrogens is 520 g/mol. The molecule has 0 spiro atoms. The molecule has 1 saturated heterocycles. The van der Waals surface area contributed by atoms with Gasteiger partial charge >= 0.3 is 0 Å². The summed E-state index contributed by atoms with van der Waals surface area (Å²) >= 11 is 0. The molecule has 6 rings (SSSR count). The summed E-state index contributed by atoms with van der Waals surface area (Å²) in [6.07, 6.45) is 6.86. The van der Waals surface area contributed by atoms with Crippen molar-refractivity contribution in [3.63, 3.8) is 0 Å². The largest absolute Gasteiger partial charge is 0.378 e. The normalized spacial score (nSPS) is 17.9. The number of hydrogen-bond donors (Lipinski definition) is 3. The van der Waals surface area contributed by atoms with Crippen LogP contribution in [0.2, 0.25) is 0 Å². The Labute approximate surface area is 238 Å². The molecular formula is C29H36N10O2. The van der Waals surface area contributed by atoms with Crippen molar-refractivity contribution in [3.05, 3.63) is 65.4 Å². The van der Waals surface area contributed by atoms with Crippen LogP contribution in [0.25, 0.3) is 11.3 Å². The fourth-order valence-corrected chi connectivity index (χ4v) is 5.21. The lowest BCUT2D eigenvalue weighted by atomic mass is 9.96. The number of nitrogens with one attached hydrogen (secondary N) is 3. The summed E-state index contributed by atoms with van der Waals surface area (Å²) in [4.78, 5) is 24.9. The maximum Gasteiger partial charge on any atom is 0.273 e. The minimum absolute atomic E-state index is 0.159. The predicted octanol–water partition coefficient (Wildman–Crippen LogP) is 3.59. The van der Waals surface area contributed by atoms with Crippen molar-refractivity contribution >= 4 is 17.5 Å². The lowest BCUT2D eigenvalue weighted by Crippen LogP contribution is -2.48. The molecule has 0 aliphatic carbocycles. The van der Waals surface area contributed by atoms with E-state index in [2.05, 4.69) is 66.1 Å². The third kappa shape index (κ3) is 5.70. The Morgan fingerprint density at radius 1 is 1.22 bits per heavy atom. The highest BCUT2D eigenvalue weighted by molar-refractivity contribution is 5.92. The van der Waals surface area contributed by atoms with Gasteiger partial charge < -0.3 is 15.4 Å². The Hall–Kier alpha value is -4.16. The molecule has 1 amide bonds. The number of fused-ring (bicyclic) bond motifs is 1. The molecule has 214 valence electrons. The molecule has 1 fully saturated rings. The second kappa shape index (κ2) is 11.0. The number of nitrogens with zero attached hydrogens (tertiary/aromatic N) is 7. The zero-order valence-electron chi connectivity index (χ0n) is 23.9. The first-order valence-electron chi connectivity index (χ1n) is 14.1. The van der Waals surface area contributed by atoms with Gasteiger partial charge in [0.05, 0.1) is 54.1 Å². The van der Waals surface area contributed by atoms with Gasteiger partial charge in [0.2, 0.25) is 5.95 Å². The van der Waals surface area contributed by atoms with E-state index in [4.69, 9.17) is 9.72 Å². The first-order valence-corrected chi connectivity index (χ1v) is 14.1. The van der Waals surface area contributed by atoms with E-state index in [0.717, 1.165) is 72.9 Å². The van der Waals surface area contributed by atoms with E-state index in [-0.39, 0.29) is 17.5 Å². The summed E-state index contributed by atoms with van der Waals surface area (Å²) in [6, 6.07) is 8.50. The van der Waals surface area contributed by atoms with E-state index in [9.17, 15) is 4.79 Å². The number of rotatable bonds is 7. The quantitative estimate of drug-likeness (QED) is 0.312. The van der Waals surface area contributed by atoms with Gasteiger partial charge in [0.1, 0.15) is 0 Å². The summed E-state index contributed by atoms with van der Waals surface area (Å²) in [5.74, 6) is 0.286. The molecule has 3 N–H and O–H groups in total. The maximum atomic E-state index is 13.3. The lowest BCUT2D eigenvalue weighted by Gasteiger charge is -2.36. The van der Waals surface area contributed by atoms with E-state index in [0.29, 0.717) is 17.7 Å². The van der Waals surface area contributed by atoms with Crippen molar-refractivity contribution in [3.8, 4) is 11.3 Å². The topological polar surface area (TPSA) is 139 Å². The van der Waals surface area contributed by atoms with Crippen LogP contribution in [0.5, 0.6) is 0 Å². The maximum absolute atomic E-state index is 13.3. The SMILES string of the molecule is CCc1n[nH]cc1Nc1nccc(-c2ccc3c(c2)CN(C2COC2)CC[C@@H]3NC(=O)c2cn(C(C)(C)C)nn2)n1. The van der Waals surface area contributed by atoms with Crippen LogP contribution in [0.3, 0.4) is 0 Å². The van der Waals surface area contributed by atoms with Crippen molar-refractivity contribution in [2.75, 3.05) is 25.1 Å². The van der Waals surface area contributed by atoms with Crippen LogP contribution in [0.1, 0.15) is 67.5 Å². The standard InChI is InChI=1S/C29H36N10O2/c1-5-22-25(13-31-35-22)34-28-30-10-8-23(33-28)18-6-7-21-19(12-18)14-38(20-16-41-17-20)11-9-24(21)32-27(40)26-15-39(37-36-26)29(2,3)4/h6-8,10,12-13,15,20,24H,5,9,11,14,16-17H2,1-4H3,(H,31,35)(H,32,40)(H,30,33,34)/t24-/m0/s1. The van der Waals surface area contributed by atoms with Crippen molar-refractivity contribution in [1.82, 2.24) is 45.4 Å². The molecule has 4 aromatic rings. The number of anilines is 2. The minimum atomic E-state index is -0.255. The van der Waals surface area contributed by atoms with E-state index in [1.165, 1.54) is 0 Å². The zero-order valence-corrected chi connectivity index (χ0v) is 23.9. The number of ether oxygens (including phenoxy) is 1. The molecule has 1 aromatic carbocycles. The van der Waals surface area contributed by atoms with Gasteiger partial charge in [-0.2, -0.15) is 5.10 Å². The van der Waals surface area contributed by atoms with Gasteiger partial charge in [-0.3, -0.25) is 14.8 Å². The number of carbonyl (C=O) groups excluding carboxylic acids is 1. The van der Waals surface area contributed by atoms with E-state index >= 15 is 0 Å². The third-order valence-corrected chi connectivity index (χ3v) is 7.70. The number of aromatic nitrogens is 7. The number of carbonyl (C=O) groups is 1. The number of hydrogen-bond acceptors (Lipinski definition) is 9. The van der Waals surface area contributed by atoms with Crippen LogP contribution in [-0.4, -0.2) is 71.8 Å². The van der Waals surface area contributed by atoms with Crippen LogP contribution in [0.4, 0.5) is 11.6 Å². The molecule has 2 aliphatic heterocycles. The Morgan fingerprint density at radius 2 is 2.07 bits per heavy atom. The molecule has 0 unspecified atom stereocenters. The minimum Gasteiger partial charge on any atom is -0.378 e. The molecule has 0 radical (unpaired) electrons. The molecule has 0 saturated carbocycles. The second-order valence-corrected chi connectivity index (χ2v) is 11.6. The zero-order chi connectivity index (χ0) is 28.6. The number of amides is 1. The van der Waals surface area contributed by atoms with Crippen molar-refractivity contribution in [1.29, 1.82) is 0 Å². The summed E-state index contributed by atoms with van der Waals surface area (Å²) in [5.41, 5.74) is 5.92. The van der Waals surface area contributed by atoms with Crippen LogP contribution < -0.4 is 10.6 Å². The predicted molar refractivity (Wildman–Crippen MR) is 154 cm³/mol. The highest BCUT2D eigenvalue weighted by Crippen LogP contribution is 2.32. The van der Waals surface area contributed by atoms with Gasteiger partial charge in [0, 0.05) is 31.0 Å². The summed E-state index contributed by atoms with van der Waals surface area (Å²) in [6.45, 7) is 11.2. The fraction of sp³-hybridized carbons (Fsp3) is 0.448. The van der Waals surface area contributed by atoms with E-state index in [1.54, 1.807) is 17.1 Å². The average molecular weight is 557 g/mol. The average Bonchev–Trinajstić information content (AvgIpc) is 3.57. The van der Waals surface area contributed by atoms with Gasteiger partial charge in [-0.15, -0.1) is 5.10 Å². The molecule has 12 heteroatoms. The highest BCUT2D eigenvalue weighted by atomic mass is 16.5. The Bertz CT molecular complexity index is 1530. The number of aromatic amines is 1. The smallest absolute Gasteiger partial charge is 0.273 e. The molecule has 5 heterocycles. The monoisotopic (exact) mass is 556 g/mol. The van der Waals surface area contributed by atoms with E-state index in [1.807, 2.05) is 33.0 Å². The van der Waals surface area contributed by atoms with Crippen LogP contribution in [0.15, 0.2) is 42.9 Å². The van der Waals surface area contributed by atoms with Gasteiger partial charge in [-0.05, 0) is 56.9 Å². The van der Waals surface area contributed by atoms with Gasteiger partial charge in [0.25, 0.3) is 5.91 Å². The van der Waals surface area contributed by atoms with Gasteiger partial charge in [-0.1, -0.05) is 24.3 Å². The van der Waals surface area contributed by atoms with Gasteiger partial charge in [0.15, 0.2) is 5.69 Å². The number of benzene rings is 1. The molecule has 3 aromatic heterocycles. The Morgan fingerprint density at radius 3 is 2.80 bits per heavy atom. The molecule has 1 atom stereocenters. The lowest BCUT2D eigenvalue weighted by molar-refractivity contribution is -0.0678. The molecule has 41 heavy (non-hydrogen) atoms. The second-order valence-electron chi connectivity index (χ2n) is 11.6. The first-order chi connectivity index (χ1) is 19.8. The Kier molecular flexibility index (Phi) is 7.26.